The van der Waals surface area contributed by atoms with Crippen molar-refractivity contribution in [1.29, 1.82) is 0 Å². The highest BCUT2D eigenvalue weighted by Crippen LogP contribution is 2.35. The van der Waals surface area contributed by atoms with Crippen LogP contribution in [-0.4, -0.2) is 29.4 Å². The first kappa shape index (κ1) is 21.5. The molecule has 0 radical (unpaired) electrons. The van der Waals surface area contributed by atoms with E-state index in [9.17, 15) is 15.0 Å². The molecule has 8 heteroatoms. The van der Waals surface area contributed by atoms with E-state index in [2.05, 4.69) is 10.5 Å². The van der Waals surface area contributed by atoms with Crippen LogP contribution in [0.5, 0.6) is 17.2 Å². The van der Waals surface area contributed by atoms with E-state index in [0.717, 1.165) is 16.2 Å². The third kappa shape index (κ3) is 5.68. The number of halogens is 1. The van der Waals surface area contributed by atoms with Crippen LogP contribution in [0.1, 0.15) is 21.5 Å². The first-order valence-corrected chi connectivity index (χ1v) is 10.2. The van der Waals surface area contributed by atoms with Crippen LogP contribution in [0.4, 0.5) is 0 Å². The quantitative estimate of drug-likeness (QED) is 0.211. The van der Waals surface area contributed by atoms with Gasteiger partial charge in [-0.2, -0.15) is 5.10 Å². The Bertz CT molecular complexity index is 1050. The van der Waals surface area contributed by atoms with Crippen LogP contribution in [0, 0.1) is 0 Å². The normalized spacial score (nSPS) is 10.9. The molecule has 1 amide bonds. The van der Waals surface area contributed by atoms with Crippen molar-refractivity contribution in [3.63, 3.8) is 0 Å². The molecule has 0 bridgehead atoms. The molecule has 6 nitrogen and oxygen atoms in total. The summed E-state index contributed by atoms with van der Waals surface area (Å²) in [5.41, 5.74) is 4.44. The van der Waals surface area contributed by atoms with Gasteiger partial charge in [-0.3, -0.25) is 4.79 Å². The molecule has 0 atom stereocenters. The van der Waals surface area contributed by atoms with Crippen LogP contribution in [-0.2, 0) is 5.75 Å². The van der Waals surface area contributed by atoms with Gasteiger partial charge in [0.05, 0.1) is 13.3 Å². The Labute approximate surface area is 183 Å². The number of amides is 1. The topological polar surface area (TPSA) is 91.2 Å². The van der Waals surface area contributed by atoms with Crippen molar-refractivity contribution in [1.82, 2.24) is 5.43 Å². The number of hydrogen-bond donors (Lipinski definition) is 3. The van der Waals surface area contributed by atoms with Gasteiger partial charge in [0.15, 0.2) is 11.5 Å². The monoisotopic (exact) mass is 442 g/mol. The third-order valence-corrected chi connectivity index (χ3v) is 5.45. The molecule has 3 rings (SSSR count). The maximum atomic E-state index is 12.2. The minimum Gasteiger partial charge on any atom is -0.504 e. The van der Waals surface area contributed by atoms with Gasteiger partial charge in [0, 0.05) is 26.8 Å². The maximum Gasteiger partial charge on any atom is 0.271 e. The molecule has 0 saturated heterocycles. The maximum absolute atomic E-state index is 12.2. The molecular formula is C22H19ClN2O4S. The lowest BCUT2D eigenvalue weighted by molar-refractivity contribution is 0.0955. The van der Waals surface area contributed by atoms with Crippen molar-refractivity contribution >= 4 is 35.5 Å². The highest BCUT2D eigenvalue weighted by molar-refractivity contribution is 7.98. The number of hydrogen-bond acceptors (Lipinski definition) is 6. The summed E-state index contributed by atoms with van der Waals surface area (Å²) in [6, 6.07) is 17.7. The van der Waals surface area contributed by atoms with E-state index in [1.54, 1.807) is 23.9 Å². The van der Waals surface area contributed by atoms with Crippen LogP contribution in [0.25, 0.3) is 0 Å². The molecule has 0 heterocycles. The van der Waals surface area contributed by atoms with Crippen LogP contribution in [0.2, 0.25) is 5.02 Å². The number of carbonyl (C=O) groups excluding carboxylic acids is 1. The fourth-order valence-electron chi connectivity index (χ4n) is 2.52. The van der Waals surface area contributed by atoms with Gasteiger partial charge in [0.1, 0.15) is 0 Å². The number of thioether (sulfide) groups is 1. The molecule has 0 unspecified atom stereocenters. The zero-order valence-corrected chi connectivity index (χ0v) is 17.6. The van der Waals surface area contributed by atoms with E-state index in [1.807, 2.05) is 36.4 Å². The van der Waals surface area contributed by atoms with Crippen molar-refractivity contribution in [3.05, 3.63) is 82.4 Å². The van der Waals surface area contributed by atoms with E-state index in [4.69, 9.17) is 16.3 Å². The molecule has 0 aliphatic heterocycles. The van der Waals surface area contributed by atoms with E-state index >= 15 is 0 Å². The summed E-state index contributed by atoms with van der Waals surface area (Å²) in [7, 11) is 1.37. The Hall–Kier alpha value is -3.16. The summed E-state index contributed by atoms with van der Waals surface area (Å²) in [6.07, 6.45) is 1.34. The number of carbonyl (C=O) groups is 1. The Morgan fingerprint density at radius 3 is 2.50 bits per heavy atom. The van der Waals surface area contributed by atoms with E-state index in [1.165, 1.54) is 25.5 Å². The number of nitrogens with one attached hydrogen (secondary N) is 1. The number of methoxy groups -OCH3 is 1. The average Bonchev–Trinajstić information content (AvgIpc) is 2.76. The molecule has 0 fully saturated rings. The van der Waals surface area contributed by atoms with E-state index < -0.39 is 0 Å². The highest BCUT2D eigenvalue weighted by atomic mass is 35.5. The molecule has 0 spiro atoms. The summed E-state index contributed by atoms with van der Waals surface area (Å²) in [5, 5.41) is 23.9. The van der Waals surface area contributed by atoms with Crippen LogP contribution in [0.3, 0.4) is 0 Å². The Kier molecular flexibility index (Phi) is 7.21. The fraction of sp³-hybridized carbons (Fsp3) is 0.0909. The number of aromatic hydroxyl groups is 2. The Morgan fingerprint density at radius 2 is 1.83 bits per heavy atom. The zero-order valence-electron chi connectivity index (χ0n) is 16.0. The molecule has 3 N–H and O–H groups in total. The first-order valence-electron chi connectivity index (χ1n) is 8.87. The third-order valence-electron chi connectivity index (χ3n) is 4.11. The summed E-state index contributed by atoms with van der Waals surface area (Å²) in [6.45, 7) is 0. The van der Waals surface area contributed by atoms with Crippen molar-refractivity contribution in [2.75, 3.05) is 7.11 Å². The van der Waals surface area contributed by atoms with Gasteiger partial charge in [0.2, 0.25) is 5.75 Å². The molecule has 0 aliphatic rings. The molecule has 0 aliphatic carbocycles. The Balaban J connectivity index is 1.56. The highest BCUT2D eigenvalue weighted by Gasteiger charge is 2.09. The zero-order chi connectivity index (χ0) is 21.5. The van der Waals surface area contributed by atoms with E-state index in [0.29, 0.717) is 16.1 Å². The number of benzene rings is 3. The molecule has 0 aromatic heterocycles. The summed E-state index contributed by atoms with van der Waals surface area (Å²) >= 11 is 7.57. The van der Waals surface area contributed by atoms with E-state index in [-0.39, 0.29) is 23.2 Å². The van der Waals surface area contributed by atoms with Crippen molar-refractivity contribution in [2.45, 2.75) is 10.6 Å². The SMILES string of the molecule is COc1cc(/C=N/NC(=O)c2ccc(CSc3ccc(Cl)cc3)cc2)cc(O)c1O. The second kappa shape index (κ2) is 10.0. The number of nitrogens with zero attached hydrogens (tertiary/aromatic N) is 1. The molecule has 3 aromatic carbocycles. The number of phenols is 2. The van der Waals surface area contributed by atoms with Crippen LogP contribution < -0.4 is 10.2 Å². The van der Waals surface area contributed by atoms with Gasteiger partial charge < -0.3 is 14.9 Å². The van der Waals surface area contributed by atoms with Gasteiger partial charge in [0.25, 0.3) is 5.91 Å². The molecule has 0 saturated carbocycles. The van der Waals surface area contributed by atoms with Gasteiger partial charge in [-0.1, -0.05) is 23.7 Å². The molecular weight excluding hydrogens is 424 g/mol. The summed E-state index contributed by atoms with van der Waals surface area (Å²) in [5.74, 6) is -0.177. The second-order valence-electron chi connectivity index (χ2n) is 6.23. The van der Waals surface area contributed by atoms with Crippen LogP contribution >= 0.6 is 23.4 Å². The number of hydrazone groups is 1. The standard InChI is InChI=1S/C22H19ClN2O4S/c1-29-20-11-15(10-19(26)21(20)27)12-24-25-22(28)16-4-2-14(3-5-16)13-30-18-8-6-17(23)7-9-18/h2-12,26-27H,13H2,1H3,(H,25,28)/b24-12+. The average molecular weight is 443 g/mol. The van der Waals surface area contributed by atoms with Gasteiger partial charge >= 0.3 is 0 Å². The lowest BCUT2D eigenvalue weighted by Gasteiger charge is -2.06. The van der Waals surface area contributed by atoms with Crippen molar-refractivity contribution in [3.8, 4) is 17.2 Å². The lowest BCUT2D eigenvalue weighted by Crippen LogP contribution is -2.17. The van der Waals surface area contributed by atoms with Crippen molar-refractivity contribution in [2.24, 2.45) is 5.10 Å². The number of rotatable bonds is 7. The summed E-state index contributed by atoms with van der Waals surface area (Å²) < 4.78 is 4.96. The van der Waals surface area contributed by atoms with Gasteiger partial charge in [-0.05, 0) is 54.1 Å². The molecule has 3 aromatic rings. The molecule has 154 valence electrons. The molecule has 30 heavy (non-hydrogen) atoms. The number of phenolic OH excluding ortho intramolecular Hbond substituents is 2. The van der Waals surface area contributed by atoms with Gasteiger partial charge in [-0.25, -0.2) is 5.43 Å². The minimum absolute atomic E-state index is 0.106. The lowest BCUT2D eigenvalue weighted by atomic mass is 10.1. The predicted molar refractivity (Wildman–Crippen MR) is 119 cm³/mol. The second-order valence-corrected chi connectivity index (χ2v) is 7.71. The minimum atomic E-state index is -0.363. The Morgan fingerprint density at radius 1 is 1.13 bits per heavy atom. The smallest absolute Gasteiger partial charge is 0.271 e. The number of ether oxygens (including phenoxy) is 1. The van der Waals surface area contributed by atoms with Crippen LogP contribution in [0.15, 0.2) is 70.7 Å². The predicted octanol–water partition coefficient (Wildman–Crippen LogP) is 4.82. The first-order chi connectivity index (χ1) is 14.5. The summed E-state index contributed by atoms with van der Waals surface area (Å²) in [4.78, 5) is 13.4. The largest absolute Gasteiger partial charge is 0.504 e. The fourth-order valence-corrected chi connectivity index (χ4v) is 3.50. The van der Waals surface area contributed by atoms with Gasteiger partial charge in [-0.15, -0.1) is 11.8 Å². The van der Waals surface area contributed by atoms with Crippen molar-refractivity contribution < 1.29 is 19.7 Å².